The minimum Gasteiger partial charge on any atom is -0.394 e. The number of fused-ring (bicyclic) bond motifs is 1. The Morgan fingerprint density at radius 1 is 1.09 bits per heavy atom. The van der Waals surface area contributed by atoms with Crippen LogP contribution in [0.4, 0.5) is 9.18 Å². The molecular weight excluding hydrogens is 409 g/mol. The van der Waals surface area contributed by atoms with Crippen molar-refractivity contribution in [1.29, 1.82) is 0 Å². The van der Waals surface area contributed by atoms with Gasteiger partial charge in [0.05, 0.1) is 18.7 Å². The maximum Gasteiger partial charge on any atom is 0.318 e. The van der Waals surface area contributed by atoms with E-state index in [1.165, 1.54) is 12.1 Å². The van der Waals surface area contributed by atoms with Gasteiger partial charge in [0, 0.05) is 18.5 Å². The van der Waals surface area contributed by atoms with Crippen LogP contribution in [0, 0.1) is 5.82 Å². The number of aliphatic hydroxyl groups excluding tert-OH is 1. The third-order valence-electron chi connectivity index (χ3n) is 7.18. The number of carbonyl (C=O) groups excluding carboxylic acids is 2. The molecule has 6 nitrogen and oxygen atoms in total. The molecule has 32 heavy (non-hydrogen) atoms. The van der Waals surface area contributed by atoms with E-state index < -0.39 is 0 Å². The number of halogens is 1. The van der Waals surface area contributed by atoms with Crippen LogP contribution >= 0.6 is 0 Å². The molecule has 2 aromatic carbocycles. The molecule has 2 N–H and O–H groups in total. The Kier molecular flexibility index (Phi) is 5.59. The molecule has 2 aromatic rings. The molecule has 1 saturated carbocycles. The van der Waals surface area contributed by atoms with Gasteiger partial charge in [-0.05, 0) is 41.7 Å². The first-order valence-electron chi connectivity index (χ1n) is 11.4. The average Bonchev–Trinajstić information content (AvgIpc) is 3.28. The van der Waals surface area contributed by atoms with Crippen LogP contribution in [-0.4, -0.2) is 64.7 Å². The quantitative estimate of drug-likeness (QED) is 0.772. The highest BCUT2D eigenvalue weighted by atomic mass is 19.1. The maximum atomic E-state index is 13.6. The number of rotatable bonds is 4. The molecule has 3 atom stereocenters. The molecule has 0 unspecified atom stereocenters. The summed E-state index contributed by atoms with van der Waals surface area (Å²) in [4.78, 5) is 28.9. The Balaban J connectivity index is 1.33. The molecule has 3 fully saturated rings. The number of carbonyl (C=O) groups is 2. The van der Waals surface area contributed by atoms with E-state index in [1.54, 1.807) is 15.9 Å². The average molecular weight is 438 g/mol. The van der Waals surface area contributed by atoms with Gasteiger partial charge in [-0.2, -0.15) is 0 Å². The van der Waals surface area contributed by atoms with Crippen LogP contribution < -0.4 is 5.32 Å². The summed E-state index contributed by atoms with van der Waals surface area (Å²) >= 11 is 0. The number of nitrogens with one attached hydrogen (secondary N) is 1. The summed E-state index contributed by atoms with van der Waals surface area (Å²) in [5.41, 5.74) is 2.71. The summed E-state index contributed by atoms with van der Waals surface area (Å²) in [7, 11) is 0. The summed E-state index contributed by atoms with van der Waals surface area (Å²) in [5, 5.41) is 13.0. The zero-order chi connectivity index (χ0) is 22.2. The third kappa shape index (κ3) is 3.75. The molecular formula is C25H28FN3O3. The number of hydrogen-bond acceptors (Lipinski definition) is 3. The van der Waals surface area contributed by atoms with Crippen molar-refractivity contribution >= 4 is 11.9 Å². The van der Waals surface area contributed by atoms with Crippen LogP contribution in [0.3, 0.4) is 0 Å². The Morgan fingerprint density at radius 2 is 1.84 bits per heavy atom. The smallest absolute Gasteiger partial charge is 0.318 e. The standard InChI is InChI=1S/C25H28FN3O3/c26-19-5-3-4-18(12-19)16-8-10-17(11-9-16)24-21-13-28(14-23(31)29(21)22(24)15-30)25(32)27-20-6-1-2-7-20/h3-5,8-12,20-22,24,30H,1-2,6-7,13-15H2,(H,27,32)/t21-,22+,24-/m1/s1. The minimum atomic E-state index is -0.285. The summed E-state index contributed by atoms with van der Waals surface area (Å²) in [6, 6.07) is 13.9. The van der Waals surface area contributed by atoms with Crippen molar-refractivity contribution in [2.24, 2.45) is 0 Å². The predicted molar refractivity (Wildman–Crippen MR) is 118 cm³/mol. The van der Waals surface area contributed by atoms with Crippen LogP contribution in [0.15, 0.2) is 48.5 Å². The molecule has 0 radical (unpaired) electrons. The van der Waals surface area contributed by atoms with Crippen molar-refractivity contribution < 1.29 is 19.1 Å². The number of nitrogens with zero attached hydrogens (tertiary/aromatic N) is 2. The largest absolute Gasteiger partial charge is 0.394 e. The van der Waals surface area contributed by atoms with E-state index in [4.69, 9.17) is 0 Å². The van der Waals surface area contributed by atoms with Gasteiger partial charge in [-0.25, -0.2) is 9.18 Å². The zero-order valence-corrected chi connectivity index (χ0v) is 17.9. The summed E-state index contributed by atoms with van der Waals surface area (Å²) < 4.78 is 13.6. The molecule has 168 valence electrons. The predicted octanol–water partition coefficient (Wildman–Crippen LogP) is 3.12. The Bertz CT molecular complexity index is 1010. The SMILES string of the molecule is O=C(NC1CCCC1)N1CC(=O)N2[C@H](C1)[C@@H](c1ccc(-c3cccc(F)c3)cc1)[C@@H]2CO. The van der Waals surface area contributed by atoms with E-state index in [1.807, 2.05) is 30.3 Å². The lowest BCUT2D eigenvalue weighted by atomic mass is 9.73. The van der Waals surface area contributed by atoms with Crippen LogP contribution in [0.2, 0.25) is 0 Å². The fourth-order valence-electron chi connectivity index (χ4n) is 5.56. The monoisotopic (exact) mass is 437 g/mol. The van der Waals surface area contributed by atoms with Gasteiger partial charge in [0.15, 0.2) is 0 Å². The molecule has 2 aliphatic heterocycles. The molecule has 7 heteroatoms. The van der Waals surface area contributed by atoms with E-state index in [2.05, 4.69) is 5.32 Å². The van der Waals surface area contributed by atoms with Gasteiger partial charge in [0.2, 0.25) is 5.91 Å². The molecule has 3 amide bonds. The molecule has 5 rings (SSSR count). The highest BCUT2D eigenvalue weighted by Crippen LogP contribution is 2.43. The lowest BCUT2D eigenvalue weighted by molar-refractivity contribution is -0.159. The lowest BCUT2D eigenvalue weighted by Gasteiger charge is -2.58. The van der Waals surface area contributed by atoms with Crippen molar-refractivity contribution in [3.63, 3.8) is 0 Å². The van der Waals surface area contributed by atoms with E-state index in [0.29, 0.717) is 6.54 Å². The Morgan fingerprint density at radius 3 is 2.53 bits per heavy atom. The first-order valence-corrected chi connectivity index (χ1v) is 11.4. The van der Waals surface area contributed by atoms with Gasteiger partial charge < -0.3 is 20.2 Å². The van der Waals surface area contributed by atoms with Gasteiger partial charge >= 0.3 is 6.03 Å². The fourth-order valence-corrected chi connectivity index (χ4v) is 5.56. The number of amides is 3. The zero-order valence-electron chi connectivity index (χ0n) is 17.9. The molecule has 2 saturated heterocycles. The number of hydrogen-bond donors (Lipinski definition) is 2. The van der Waals surface area contributed by atoms with Crippen molar-refractivity contribution in [2.45, 2.75) is 49.7 Å². The number of aliphatic hydroxyl groups is 1. The maximum absolute atomic E-state index is 13.6. The first kappa shape index (κ1) is 20.9. The minimum absolute atomic E-state index is 0.0485. The van der Waals surface area contributed by atoms with E-state index in [-0.39, 0.29) is 55.0 Å². The lowest BCUT2D eigenvalue weighted by Crippen LogP contribution is -2.74. The number of piperazine rings is 1. The second-order valence-corrected chi connectivity index (χ2v) is 9.09. The summed E-state index contributed by atoms with van der Waals surface area (Å²) in [5.74, 6) is -0.444. The van der Waals surface area contributed by atoms with Crippen molar-refractivity contribution in [1.82, 2.24) is 15.1 Å². The van der Waals surface area contributed by atoms with Crippen LogP contribution in [0.25, 0.3) is 11.1 Å². The van der Waals surface area contributed by atoms with Crippen molar-refractivity contribution in [3.8, 4) is 11.1 Å². The van der Waals surface area contributed by atoms with Gasteiger partial charge in [-0.3, -0.25) is 4.79 Å². The molecule has 0 aromatic heterocycles. The number of benzene rings is 2. The van der Waals surface area contributed by atoms with E-state index in [0.717, 1.165) is 42.4 Å². The van der Waals surface area contributed by atoms with E-state index in [9.17, 15) is 19.1 Å². The second kappa shape index (κ2) is 8.54. The molecule has 1 aliphatic carbocycles. The summed E-state index contributed by atoms with van der Waals surface area (Å²) in [6.45, 7) is 0.390. The normalized spacial score (nSPS) is 25.4. The number of urea groups is 1. The first-order chi connectivity index (χ1) is 15.5. The van der Waals surface area contributed by atoms with E-state index >= 15 is 0 Å². The molecule has 0 spiro atoms. The second-order valence-electron chi connectivity index (χ2n) is 9.09. The molecule has 2 heterocycles. The molecule has 3 aliphatic rings. The highest BCUT2D eigenvalue weighted by Gasteiger charge is 2.54. The van der Waals surface area contributed by atoms with Crippen LogP contribution in [-0.2, 0) is 4.79 Å². The van der Waals surface area contributed by atoms with Gasteiger partial charge in [0.1, 0.15) is 12.4 Å². The third-order valence-corrected chi connectivity index (χ3v) is 7.18. The topological polar surface area (TPSA) is 72.9 Å². The van der Waals surface area contributed by atoms with Crippen molar-refractivity contribution in [3.05, 3.63) is 59.9 Å². The Labute approximate surface area is 187 Å². The van der Waals surface area contributed by atoms with Gasteiger partial charge in [0.25, 0.3) is 0 Å². The summed E-state index contributed by atoms with van der Waals surface area (Å²) in [6.07, 6.45) is 4.25. The highest BCUT2D eigenvalue weighted by molar-refractivity contribution is 5.87. The molecule has 0 bridgehead atoms. The van der Waals surface area contributed by atoms with Gasteiger partial charge in [-0.15, -0.1) is 0 Å². The van der Waals surface area contributed by atoms with Crippen LogP contribution in [0.1, 0.15) is 37.2 Å². The Hall–Kier alpha value is -2.93. The van der Waals surface area contributed by atoms with Crippen LogP contribution in [0.5, 0.6) is 0 Å². The fraction of sp³-hybridized carbons (Fsp3) is 0.440. The van der Waals surface area contributed by atoms with Crippen molar-refractivity contribution in [2.75, 3.05) is 19.7 Å². The van der Waals surface area contributed by atoms with Gasteiger partial charge in [-0.1, -0.05) is 49.2 Å².